The number of anilines is 3. The first-order valence-electron chi connectivity index (χ1n) is 20.8. The number of rotatable bonds is 5. The van der Waals surface area contributed by atoms with Gasteiger partial charge in [-0.05, 0) is 120 Å². The van der Waals surface area contributed by atoms with E-state index in [1.165, 1.54) is 68.2 Å². The van der Waals surface area contributed by atoms with Crippen LogP contribution < -0.4 is 9.80 Å². The van der Waals surface area contributed by atoms with E-state index in [4.69, 9.17) is 4.99 Å². The van der Waals surface area contributed by atoms with E-state index in [2.05, 4.69) is 180 Å². The summed E-state index contributed by atoms with van der Waals surface area (Å²) in [6, 6.07) is 40.9. The molecule has 5 atom stereocenters. The van der Waals surface area contributed by atoms with Crippen LogP contribution in [0.25, 0.3) is 11.3 Å². The lowest BCUT2D eigenvalue weighted by atomic mass is 9.78. The lowest BCUT2D eigenvalue weighted by Crippen LogP contribution is -2.32. The van der Waals surface area contributed by atoms with Gasteiger partial charge in [0.1, 0.15) is 0 Å². The average molecular weight is 726 g/mol. The van der Waals surface area contributed by atoms with E-state index in [9.17, 15) is 0 Å². The molecule has 4 aromatic carbocycles. The van der Waals surface area contributed by atoms with Gasteiger partial charge in [0.15, 0.2) is 0 Å². The Bertz CT molecular complexity index is 2490. The average Bonchev–Trinajstić information content (AvgIpc) is 3.77. The molecule has 3 heterocycles. The van der Waals surface area contributed by atoms with E-state index in [0.29, 0.717) is 23.8 Å². The highest BCUT2D eigenvalue weighted by Gasteiger charge is 2.44. The monoisotopic (exact) mass is 725 g/mol. The van der Waals surface area contributed by atoms with Crippen LogP contribution in [-0.2, 0) is 0 Å². The van der Waals surface area contributed by atoms with Gasteiger partial charge in [0.2, 0.25) is 0 Å². The number of hydrogen-bond donors (Lipinski definition) is 0. The Morgan fingerprint density at radius 2 is 1.41 bits per heavy atom. The summed E-state index contributed by atoms with van der Waals surface area (Å²) in [5.41, 5.74) is 17.3. The van der Waals surface area contributed by atoms with Crippen molar-refractivity contribution in [2.24, 2.45) is 16.8 Å². The van der Waals surface area contributed by atoms with E-state index in [1.54, 1.807) is 0 Å². The van der Waals surface area contributed by atoms with Crippen molar-refractivity contribution >= 4 is 34.0 Å². The van der Waals surface area contributed by atoms with Gasteiger partial charge >= 0.3 is 0 Å². The summed E-state index contributed by atoms with van der Waals surface area (Å²) in [5.74, 6) is 1.14. The maximum absolute atomic E-state index is 5.28. The van der Waals surface area contributed by atoms with Crippen LogP contribution >= 0.6 is 0 Å². The lowest BCUT2D eigenvalue weighted by Gasteiger charge is -2.32. The minimum absolute atomic E-state index is 0.237. The Hall–Kier alpha value is -5.93. The van der Waals surface area contributed by atoms with Gasteiger partial charge in [0.05, 0.1) is 17.5 Å². The molecule has 0 aromatic heterocycles. The highest BCUT2D eigenvalue weighted by atomic mass is 15.2. The number of fused-ring (bicyclic) bond motifs is 7. The number of hydrogen-bond acceptors (Lipinski definition) is 3. The van der Waals surface area contributed by atoms with Crippen LogP contribution in [0.1, 0.15) is 67.6 Å². The van der Waals surface area contributed by atoms with Gasteiger partial charge in [0.25, 0.3) is 0 Å². The molecule has 4 aliphatic carbocycles. The standard InChI is InChI=1S/C53H47N3/c1-3-15-36(16-4-1)48-26-14-24-42(43-21-7-10-25-49(43)54-48)39-17-13-20-41(33-39)56-51-28-12-9-23-45(51)47-35-38(30-32-53(47)56)37-29-31-52-46(34-37)44-22-8-11-27-50(44)55(52)40-18-5-2-6-19-40/h1-6,8-10,12-13,15-20,22-23,25-26,28,30-35,37,44,47,50,53H,7,11,14,21,24,27,29H2/b43-42+,48-26-,54-49+. The quantitative estimate of drug-likeness (QED) is 0.191. The Kier molecular flexibility index (Phi) is 8.34. The molecule has 7 aliphatic rings. The molecule has 3 aliphatic heterocycles. The molecule has 0 radical (unpaired) electrons. The molecule has 1 fully saturated rings. The van der Waals surface area contributed by atoms with E-state index in [1.807, 2.05) is 0 Å². The summed E-state index contributed by atoms with van der Waals surface area (Å²) in [6.45, 7) is 0. The smallest absolute Gasteiger partial charge is 0.0669 e. The van der Waals surface area contributed by atoms with Crippen LogP contribution in [0, 0.1) is 11.8 Å². The van der Waals surface area contributed by atoms with Gasteiger partial charge in [0, 0.05) is 46.6 Å². The van der Waals surface area contributed by atoms with Gasteiger partial charge in [-0.2, -0.15) is 0 Å². The number of nitrogens with zero attached hydrogens (tertiary/aromatic N) is 3. The zero-order valence-corrected chi connectivity index (χ0v) is 31.8. The molecule has 56 heavy (non-hydrogen) atoms. The van der Waals surface area contributed by atoms with Crippen LogP contribution in [0.5, 0.6) is 0 Å². The molecule has 0 saturated carbocycles. The fourth-order valence-corrected chi connectivity index (χ4v) is 10.6. The van der Waals surface area contributed by atoms with Crippen molar-refractivity contribution < 1.29 is 0 Å². The summed E-state index contributed by atoms with van der Waals surface area (Å²) < 4.78 is 0. The fraction of sp³-hybridized carbons (Fsp3) is 0.226. The van der Waals surface area contributed by atoms with E-state index >= 15 is 0 Å². The number of aliphatic imine (C=N–C) groups is 1. The topological polar surface area (TPSA) is 18.8 Å². The summed E-state index contributed by atoms with van der Waals surface area (Å²) in [6.07, 6.45) is 32.0. The molecular weight excluding hydrogens is 679 g/mol. The first kappa shape index (κ1) is 33.4. The second-order valence-electron chi connectivity index (χ2n) is 16.3. The van der Waals surface area contributed by atoms with Gasteiger partial charge in [-0.25, -0.2) is 4.99 Å². The third-order valence-corrected chi connectivity index (χ3v) is 13.1. The van der Waals surface area contributed by atoms with Crippen LogP contribution in [0.15, 0.2) is 197 Å². The van der Waals surface area contributed by atoms with Crippen molar-refractivity contribution in [3.05, 3.63) is 209 Å². The molecule has 3 nitrogen and oxygen atoms in total. The zero-order valence-electron chi connectivity index (χ0n) is 31.8. The predicted molar refractivity (Wildman–Crippen MR) is 234 cm³/mol. The molecule has 3 heteroatoms. The molecule has 1 saturated heterocycles. The first-order chi connectivity index (χ1) is 27.8. The third-order valence-electron chi connectivity index (χ3n) is 13.1. The minimum atomic E-state index is 0.237. The van der Waals surface area contributed by atoms with E-state index in [-0.39, 0.29) is 6.04 Å². The number of allylic oxidation sites excluding steroid dienone is 11. The van der Waals surface area contributed by atoms with Gasteiger partial charge in [-0.3, -0.25) is 0 Å². The summed E-state index contributed by atoms with van der Waals surface area (Å²) in [5, 5.41) is 0. The van der Waals surface area contributed by atoms with Gasteiger partial charge < -0.3 is 9.80 Å². The van der Waals surface area contributed by atoms with E-state index < -0.39 is 0 Å². The second kappa shape index (κ2) is 14.0. The molecule has 0 amide bonds. The van der Waals surface area contributed by atoms with Crippen molar-refractivity contribution in [2.45, 2.75) is 62.9 Å². The molecule has 4 aromatic rings. The Labute approximate surface area is 331 Å². The molecule has 11 rings (SSSR count). The molecule has 5 unspecified atom stereocenters. The number of benzene rings is 4. The summed E-state index contributed by atoms with van der Waals surface area (Å²) in [7, 11) is 0. The molecule has 0 spiro atoms. The highest BCUT2D eigenvalue weighted by Crippen LogP contribution is 2.52. The van der Waals surface area contributed by atoms with Crippen molar-refractivity contribution in [1.29, 1.82) is 0 Å². The number of para-hydroxylation sites is 2. The van der Waals surface area contributed by atoms with Crippen molar-refractivity contribution in [2.75, 3.05) is 9.80 Å². The summed E-state index contributed by atoms with van der Waals surface area (Å²) in [4.78, 5) is 10.5. The first-order valence-corrected chi connectivity index (χ1v) is 20.8. The second-order valence-corrected chi connectivity index (χ2v) is 16.3. The largest absolute Gasteiger partial charge is 0.337 e. The Balaban J connectivity index is 0.914. The molecule has 274 valence electrons. The Morgan fingerprint density at radius 3 is 2.32 bits per heavy atom. The van der Waals surface area contributed by atoms with Crippen molar-refractivity contribution in [3.63, 3.8) is 0 Å². The zero-order chi connectivity index (χ0) is 37.0. The molecule has 0 bridgehead atoms. The molecular formula is C53H47N3. The minimum Gasteiger partial charge on any atom is -0.337 e. The predicted octanol–water partition coefficient (Wildman–Crippen LogP) is 12.9. The maximum atomic E-state index is 5.28. The van der Waals surface area contributed by atoms with Gasteiger partial charge in [-0.15, -0.1) is 0 Å². The van der Waals surface area contributed by atoms with Crippen LogP contribution in [0.2, 0.25) is 0 Å². The third kappa shape index (κ3) is 5.67. The lowest BCUT2D eigenvalue weighted by molar-refractivity contribution is 0.536. The van der Waals surface area contributed by atoms with Crippen molar-refractivity contribution in [1.82, 2.24) is 0 Å². The fourth-order valence-electron chi connectivity index (χ4n) is 10.6. The van der Waals surface area contributed by atoms with Gasteiger partial charge in [-0.1, -0.05) is 134 Å². The van der Waals surface area contributed by atoms with Crippen LogP contribution in [0.3, 0.4) is 0 Å². The maximum Gasteiger partial charge on any atom is 0.0669 e. The Morgan fingerprint density at radius 1 is 0.607 bits per heavy atom. The molecule has 0 N–H and O–H groups in total. The van der Waals surface area contributed by atoms with Crippen LogP contribution in [-0.4, -0.2) is 17.8 Å². The van der Waals surface area contributed by atoms with Crippen LogP contribution in [0.4, 0.5) is 17.1 Å². The normalized spacial score (nSPS) is 29.2. The van der Waals surface area contributed by atoms with Crippen molar-refractivity contribution in [3.8, 4) is 0 Å². The summed E-state index contributed by atoms with van der Waals surface area (Å²) >= 11 is 0. The highest BCUT2D eigenvalue weighted by molar-refractivity contribution is 6.15. The SMILES string of the molecule is C1=CC2=N\C(c3ccccc3)=C/CC/C(c3cccc(N4c5ccccc5C5C=C(C6C=C7C(=CC6)N(c6ccccc6)C6CCC=CC76)C=CC54)c3)=C\2CC1. The van der Waals surface area contributed by atoms with E-state index in [0.717, 1.165) is 49.9 Å².